The quantitative estimate of drug-likeness (QED) is 0.855. The zero-order chi connectivity index (χ0) is 14.8. The van der Waals surface area contributed by atoms with Crippen LogP contribution in [0.4, 0.5) is 0 Å². The molecule has 2 aliphatic heterocycles. The first kappa shape index (κ1) is 14.4. The molecule has 2 bridgehead atoms. The number of Topliss-reactive ketones (excluding diaryl/α,β-unsaturated/α-hetero) is 1. The van der Waals surface area contributed by atoms with Crippen molar-refractivity contribution in [2.24, 2.45) is 5.92 Å². The summed E-state index contributed by atoms with van der Waals surface area (Å²) in [7, 11) is 3.16. The normalized spacial score (nSPS) is 28.0. The number of carbonyl (C=O) groups is 1. The van der Waals surface area contributed by atoms with Gasteiger partial charge >= 0.3 is 0 Å². The first-order chi connectivity index (χ1) is 10.2. The molecule has 0 aliphatic carbocycles. The van der Waals surface area contributed by atoms with Crippen LogP contribution in [0.1, 0.15) is 23.2 Å². The van der Waals surface area contributed by atoms with Gasteiger partial charge in [0, 0.05) is 18.0 Å². The van der Waals surface area contributed by atoms with Crippen LogP contribution in [0.25, 0.3) is 0 Å². The van der Waals surface area contributed by atoms with Crippen molar-refractivity contribution in [3.63, 3.8) is 0 Å². The van der Waals surface area contributed by atoms with Gasteiger partial charge < -0.3 is 19.5 Å². The minimum Gasteiger partial charge on any atom is -0.496 e. The molecule has 0 spiro atoms. The maximum absolute atomic E-state index is 13.0. The van der Waals surface area contributed by atoms with Crippen LogP contribution in [-0.4, -0.2) is 45.3 Å². The van der Waals surface area contributed by atoms with Gasteiger partial charge in [-0.15, -0.1) is 0 Å². The predicted octanol–water partition coefficient (Wildman–Crippen LogP) is 1.65. The van der Waals surface area contributed by atoms with Gasteiger partial charge in [-0.2, -0.15) is 0 Å². The van der Waals surface area contributed by atoms with E-state index in [4.69, 9.17) is 14.2 Å². The lowest BCUT2D eigenvalue weighted by molar-refractivity contribution is 0.00943. The Balaban J connectivity index is 1.88. The second-order valence-electron chi connectivity index (χ2n) is 5.67. The van der Waals surface area contributed by atoms with Gasteiger partial charge in [0.1, 0.15) is 17.1 Å². The Morgan fingerprint density at radius 1 is 1.14 bits per heavy atom. The van der Waals surface area contributed by atoms with E-state index in [9.17, 15) is 4.79 Å². The monoisotopic (exact) mass is 291 g/mol. The first-order valence-corrected chi connectivity index (χ1v) is 7.32. The number of carbonyl (C=O) groups excluding carboxylic acids is 1. The van der Waals surface area contributed by atoms with E-state index < -0.39 is 0 Å². The van der Waals surface area contributed by atoms with Crippen molar-refractivity contribution in [2.75, 3.05) is 27.4 Å². The summed E-state index contributed by atoms with van der Waals surface area (Å²) in [6, 6.07) is 5.99. The second kappa shape index (κ2) is 6.03. The number of benzene rings is 1. The summed E-state index contributed by atoms with van der Waals surface area (Å²) >= 11 is 0. The molecule has 2 aliphatic rings. The van der Waals surface area contributed by atoms with Gasteiger partial charge in [0.25, 0.3) is 0 Å². The number of ketones is 1. The molecule has 2 unspecified atom stereocenters. The number of hydrogen-bond donors (Lipinski definition) is 1. The first-order valence-electron chi connectivity index (χ1n) is 7.32. The summed E-state index contributed by atoms with van der Waals surface area (Å²) in [5, 5.41) is 3.51. The van der Waals surface area contributed by atoms with E-state index in [0.29, 0.717) is 30.3 Å². The molecule has 0 saturated carbocycles. The van der Waals surface area contributed by atoms with Crippen LogP contribution in [0.2, 0.25) is 0 Å². The number of nitrogens with one attached hydrogen (secondary N) is 1. The highest BCUT2D eigenvalue weighted by molar-refractivity contribution is 6.03. The predicted molar refractivity (Wildman–Crippen MR) is 78.1 cm³/mol. The third-order valence-corrected chi connectivity index (χ3v) is 4.29. The molecule has 0 amide bonds. The lowest BCUT2D eigenvalue weighted by Gasteiger charge is -2.39. The molecule has 5 nitrogen and oxygen atoms in total. The molecule has 1 N–H and O–H groups in total. The molecule has 1 aromatic carbocycles. The highest BCUT2D eigenvalue weighted by Gasteiger charge is 2.37. The number of ether oxygens (including phenoxy) is 3. The van der Waals surface area contributed by atoms with Crippen LogP contribution >= 0.6 is 0 Å². The second-order valence-corrected chi connectivity index (χ2v) is 5.67. The van der Waals surface area contributed by atoms with E-state index in [1.165, 1.54) is 0 Å². The average Bonchev–Trinajstić information content (AvgIpc) is 2.52. The van der Waals surface area contributed by atoms with Crippen molar-refractivity contribution < 1.29 is 19.0 Å². The highest BCUT2D eigenvalue weighted by atomic mass is 16.5. The maximum Gasteiger partial charge on any atom is 0.173 e. The van der Waals surface area contributed by atoms with Gasteiger partial charge in [-0.1, -0.05) is 6.07 Å². The number of piperidine rings is 1. The lowest BCUT2D eigenvalue weighted by Crippen LogP contribution is -2.55. The number of rotatable bonds is 4. The third kappa shape index (κ3) is 2.76. The van der Waals surface area contributed by atoms with Crippen LogP contribution in [0.5, 0.6) is 11.5 Å². The number of fused-ring (bicyclic) bond motifs is 2. The summed E-state index contributed by atoms with van der Waals surface area (Å²) in [5.74, 6) is 1.27. The Morgan fingerprint density at radius 3 is 2.24 bits per heavy atom. The van der Waals surface area contributed by atoms with Gasteiger partial charge in [-0.25, -0.2) is 0 Å². The SMILES string of the molecule is COc1cccc(OC)c1C(=O)C1CC2COCC(C1)N2. The summed E-state index contributed by atoms with van der Waals surface area (Å²) in [6.07, 6.45) is 1.60. The van der Waals surface area contributed by atoms with Gasteiger partial charge in [-0.05, 0) is 25.0 Å². The van der Waals surface area contributed by atoms with E-state index >= 15 is 0 Å². The fraction of sp³-hybridized carbons (Fsp3) is 0.562. The fourth-order valence-electron chi connectivity index (χ4n) is 3.35. The van der Waals surface area contributed by atoms with E-state index in [2.05, 4.69) is 5.32 Å². The average molecular weight is 291 g/mol. The van der Waals surface area contributed by atoms with Crippen molar-refractivity contribution in [1.82, 2.24) is 5.32 Å². The molecule has 5 heteroatoms. The maximum atomic E-state index is 13.0. The standard InChI is InChI=1S/C16H21NO4/c1-19-13-4-3-5-14(20-2)15(13)16(18)10-6-11-8-21-9-12(7-10)17-11/h3-5,10-12,17H,6-9H2,1-2H3. The van der Waals surface area contributed by atoms with Crippen molar-refractivity contribution in [2.45, 2.75) is 24.9 Å². The Kier molecular flexibility index (Phi) is 4.12. The minimum absolute atomic E-state index is 0.00431. The van der Waals surface area contributed by atoms with Crippen molar-refractivity contribution in [3.8, 4) is 11.5 Å². The molecular formula is C16H21NO4. The van der Waals surface area contributed by atoms with Crippen molar-refractivity contribution in [3.05, 3.63) is 23.8 Å². The zero-order valence-electron chi connectivity index (χ0n) is 12.4. The summed E-state index contributed by atoms with van der Waals surface area (Å²) in [5.41, 5.74) is 0.563. The molecule has 2 saturated heterocycles. The minimum atomic E-state index is -0.00431. The number of morpholine rings is 1. The molecule has 0 radical (unpaired) electrons. The zero-order valence-corrected chi connectivity index (χ0v) is 12.4. The molecule has 2 heterocycles. The molecular weight excluding hydrogens is 270 g/mol. The van der Waals surface area contributed by atoms with Gasteiger partial charge in [-0.3, -0.25) is 4.79 Å². The van der Waals surface area contributed by atoms with Crippen LogP contribution < -0.4 is 14.8 Å². The molecule has 1 aromatic rings. The Labute approximate surface area is 124 Å². The van der Waals surface area contributed by atoms with Crippen LogP contribution in [0.3, 0.4) is 0 Å². The van der Waals surface area contributed by atoms with Crippen LogP contribution in [0, 0.1) is 5.92 Å². The fourth-order valence-corrected chi connectivity index (χ4v) is 3.35. The van der Waals surface area contributed by atoms with Crippen molar-refractivity contribution in [1.29, 1.82) is 0 Å². The molecule has 21 heavy (non-hydrogen) atoms. The van der Waals surface area contributed by atoms with Crippen molar-refractivity contribution >= 4 is 5.78 Å². The molecule has 0 aromatic heterocycles. The summed E-state index contributed by atoms with van der Waals surface area (Å²) in [4.78, 5) is 13.0. The van der Waals surface area contributed by atoms with Gasteiger partial charge in [0.2, 0.25) is 0 Å². The van der Waals surface area contributed by atoms with Crippen LogP contribution in [-0.2, 0) is 4.74 Å². The van der Waals surface area contributed by atoms with E-state index in [0.717, 1.165) is 12.8 Å². The Bertz CT molecular complexity index is 497. The Morgan fingerprint density at radius 2 is 1.71 bits per heavy atom. The lowest BCUT2D eigenvalue weighted by atomic mass is 9.81. The van der Waals surface area contributed by atoms with Crippen LogP contribution in [0.15, 0.2) is 18.2 Å². The van der Waals surface area contributed by atoms with E-state index in [1.54, 1.807) is 26.4 Å². The highest BCUT2D eigenvalue weighted by Crippen LogP contribution is 2.35. The molecule has 3 rings (SSSR count). The molecule has 2 atom stereocenters. The van der Waals surface area contributed by atoms with E-state index in [-0.39, 0.29) is 23.8 Å². The Hall–Kier alpha value is -1.59. The number of methoxy groups -OCH3 is 2. The largest absolute Gasteiger partial charge is 0.496 e. The van der Waals surface area contributed by atoms with Gasteiger partial charge in [0.05, 0.1) is 27.4 Å². The summed E-state index contributed by atoms with van der Waals surface area (Å²) in [6.45, 7) is 1.37. The molecule has 2 fully saturated rings. The topological polar surface area (TPSA) is 56.8 Å². The third-order valence-electron chi connectivity index (χ3n) is 4.29. The molecule has 114 valence electrons. The van der Waals surface area contributed by atoms with E-state index in [1.807, 2.05) is 6.07 Å². The summed E-state index contributed by atoms with van der Waals surface area (Å²) < 4.78 is 16.2. The smallest absolute Gasteiger partial charge is 0.173 e. The number of hydrogen-bond acceptors (Lipinski definition) is 5. The van der Waals surface area contributed by atoms with Gasteiger partial charge in [0.15, 0.2) is 5.78 Å².